The second kappa shape index (κ2) is 8.89. The molecule has 2 aliphatic heterocycles. The number of nitrogens with one attached hydrogen (secondary N) is 1. The fourth-order valence-corrected chi connectivity index (χ4v) is 5.70. The molecular weight excluding hydrogens is 512 g/mol. The van der Waals surface area contributed by atoms with Gasteiger partial charge >= 0.3 is 0 Å². The van der Waals surface area contributed by atoms with Crippen molar-refractivity contribution in [3.63, 3.8) is 0 Å². The molecule has 2 heterocycles. The zero-order chi connectivity index (χ0) is 21.3. The van der Waals surface area contributed by atoms with Crippen LogP contribution in [0.1, 0.15) is 43.4 Å². The molecule has 1 saturated heterocycles. The average Bonchev–Trinajstić information content (AvgIpc) is 3.20. The Balaban J connectivity index is 1.57. The molecule has 0 bridgehead atoms. The number of ether oxygens (including phenoxy) is 2. The molecule has 2 aliphatic rings. The van der Waals surface area contributed by atoms with E-state index in [4.69, 9.17) is 9.47 Å². The highest BCUT2D eigenvalue weighted by atomic mass is 79.9. The van der Waals surface area contributed by atoms with Crippen molar-refractivity contribution in [2.75, 3.05) is 26.9 Å². The van der Waals surface area contributed by atoms with Crippen molar-refractivity contribution >= 4 is 37.8 Å². The van der Waals surface area contributed by atoms with Crippen molar-refractivity contribution in [3.05, 3.63) is 56.5 Å². The second-order valence-electron chi connectivity index (χ2n) is 8.16. The molecular formula is C23H26Br2N2O3. The maximum atomic E-state index is 13.4. The van der Waals surface area contributed by atoms with E-state index in [-0.39, 0.29) is 24.2 Å². The third-order valence-electron chi connectivity index (χ3n) is 6.38. The van der Waals surface area contributed by atoms with Crippen molar-refractivity contribution in [1.29, 1.82) is 0 Å². The zero-order valence-corrected chi connectivity index (χ0v) is 20.4. The normalized spacial score (nSPS) is 18.1. The highest BCUT2D eigenvalue weighted by Gasteiger charge is 2.38. The van der Waals surface area contributed by atoms with Crippen molar-refractivity contribution in [1.82, 2.24) is 10.2 Å². The van der Waals surface area contributed by atoms with Crippen molar-refractivity contribution in [2.45, 2.75) is 37.6 Å². The van der Waals surface area contributed by atoms with E-state index < -0.39 is 0 Å². The van der Waals surface area contributed by atoms with E-state index in [0.29, 0.717) is 6.42 Å². The van der Waals surface area contributed by atoms with Gasteiger partial charge in [0, 0.05) is 27.8 Å². The van der Waals surface area contributed by atoms with Crippen LogP contribution in [0, 0.1) is 0 Å². The monoisotopic (exact) mass is 536 g/mol. The number of carbonyl (C=O) groups excluding carboxylic acids is 1. The van der Waals surface area contributed by atoms with E-state index in [2.05, 4.69) is 68.4 Å². The Morgan fingerprint density at radius 3 is 2.47 bits per heavy atom. The molecule has 0 aromatic heterocycles. The van der Waals surface area contributed by atoms with Crippen LogP contribution < -0.4 is 14.8 Å². The van der Waals surface area contributed by atoms with Gasteiger partial charge in [0.2, 0.25) is 12.7 Å². The lowest BCUT2D eigenvalue weighted by molar-refractivity contribution is -0.133. The third kappa shape index (κ3) is 4.39. The Labute approximate surface area is 194 Å². The number of hydrogen-bond acceptors (Lipinski definition) is 4. The highest BCUT2D eigenvalue weighted by molar-refractivity contribution is 9.11. The minimum Gasteiger partial charge on any atom is -0.454 e. The molecule has 1 atom stereocenters. The summed E-state index contributed by atoms with van der Waals surface area (Å²) < 4.78 is 13.1. The number of nitrogens with zero attached hydrogens (tertiary/aromatic N) is 1. The Bertz CT molecular complexity index is 924. The standard InChI is InChI=1S/C23H26Br2N2O3/c1-15(16-9-18(24)12-19(25)10-16)27(2)22(28)13-23(5-7-26-8-6-23)17-3-4-20-21(11-17)30-14-29-20/h3-4,9-12,15,26H,5-8,13-14H2,1-2H3. The quantitative estimate of drug-likeness (QED) is 0.571. The summed E-state index contributed by atoms with van der Waals surface area (Å²) in [7, 11) is 1.90. The SMILES string of the molecule is CC(c1cc(Br)cc(Br)c1)N(C)C(=O)CC1(c2ccc3c(c2)OCO3)CCNCC1. The minimum absolute atomic E-state index is 0.0261. The molecule has 0 radical (unpaired) electrons. The largest absolute Gasteiger partial charge is 0.454 e. The van der Waals surface area contributed by atoms with Crippen LogP contribution in [0.5, 0.6) is 11.5 Å². The van der Waals surface area contributed by atoms with Crippen LogP contribution in [-0.2, 0) is 10.2 Å². The summed E-state index contributed by atoms with van der Waals surface area (Å²) in [6.07, 6.45) is 2.32. The molecule has 2 aromatic rings. The lowest BCUT2D eigenvalue weighted by atomic mass is 9.70. The Hall–Kier alpha value is -1.57. The number of piperidine rings is 1. The molecule has 30 heavy (non-hydrogen) atoms. The molecule has 4 rings (SSSR count). The third-order valence-corrected chi connectivity index (χ3v) is 7.29. The minimum atomic E-state index is -0.199. The summed E-state index contributed by atoms with van der Waals surface area (Å²) in [5.41, 5.74) is 2.05. The van der Waals surface area contributed by atoms with Crippen molar-refractivity contribution in [2.24, 2.45) is 0 Å². The average molecular weight is 538 g/mol. The number of amides is 1. The summed E-state index contributed by atoms with van der Waals surface area (Å²) in [4.78, 5) is 15.3. The molecule has 1 N–H and O–H groups in total. The number of rotatable bonds is 5. The second-order valence-corrected chi connectivity index (χ2v) is 9.99. The van der Waals surface area contributed by atoms with Gasteiger partial charge < -0.3 is 19.7 Å². The summed E-state index contributed by atoms with van der Waals surface area (Å²) in [6, 6.07) is 12.2. The fraction of sp³-hybridized carbons (Fsp3) is 0.435. The lowest BCUT2D eigenvalue weighted by Gasteiger charge is -2.39. The smallest absolute Gasteiger partial charge is 0.231 e. The van der Waals surface area contributed by atoms with Gasteiger partial charge in [0.25, 0.3) is 0 Å². The van der Waals surface area contributed by atoms with Crippen LogP contribution in [0.3, 0.4) is 0 Å². The van der Waals surface area contributed by atoms with Gasteiger partial charge in [-0.1, -0.05) is 37.9 Å². The zero-order valence-electron chi connectivity index (χ0n) is 17.2. The van der Waals surface area contributed by atoms with Gasteiger partial charge in [0.05, 0.1) is 6.04 Å². The topological polar surface area (TPSA) is 50.8 Å². The number of hydrogen-bond donors (Lipinski definition) is 1. The van der Waals surface area contributed by atoms with Crippen molar-refractivity contribution < 1.29 is 14.3 Å². The Morgan fingerprint density at radius 2 is 1.77 bits per heavy atom. The molecule has 7 heteroatoms. The van der Waals surface area contributed by atoms with Crippen LogP contribution in [0.4, 0.5) is 0 Å². The number of fused-ring (bicyclic) bond motifs is 1. The summed E-state index contributed by atoms with van der Waals surface area (Å²) >= 11 is 7.10. The highest BCUT2D eigenvalue weighted by Crippen LogP contribution is 2.42. The van der Waals surface area contributed by atoms with E-state index in [1.54, 1.807) is 0 Å². The molecule has 2 aromatic carbocycles. The van der Waals surface area contributed by atoms with Crippen LogP contribution >= 0.6 is 31.9 Å². The number of benzene rings is 2. The first-order valence-electron chi connectivity index (χ1n) is 10.2. The first-order valence-corrected chi connectivity index (χ1v) is 11.8. The van der Waals surface area contributed by atoms with E-state index in [9.17, 15) is 4.79 Å². The maximum Gasteiger partial charge on any atom is 0.231 e. The van der Waals surface area contributed by atoms with Gasteiger partial charge in [0.15, 0.2) is 11.5 Å². The fourth-order valence-electron chi connectivity index (χ4n) is 4.37. The summed E-state index contributed by atoms with van der Waals surface area (Å²) in [5, 5.41) is 3.43. The summed E-state index contributed by atoms with van der Waals surface area (Å²) in [5.74, 6) is 1.71. The van der Waals surface area contributed by atoms with Crippen LogP contribution in [0.15, 0.2) is 45.3 Å². The molecule has 0 saturated carbocycles. The first-order chi connectivity index (χ1) is 14.4. The molecule has 5 nitrogen and oxygen atoms in total. The predicted molar refractivity (Wildman–Crippen MR) is 124 cm³/mol. The molecule has 160 valence electrons. The van der Waals surface area contributed by atoms with E-state index >= 15 is 0 Å². The number of carbonyl (C=O) groups is 1. The van der Waals surface area contributed by atoms with E-state index in [1.807, 2.05) is 24.1 Å². The van der Waals surface area contributed by atoms with Gasteiger partial charge in [0.1, 0.15) is 0 Å². The van der Waals surface area contributed by atoms with Crippen molar-refractivity contribution in [3.8, 4) is 11.5 Å². The van der Waals surface area contributed by atoms with E-state index in [1.165, 1.54) is 0 Å². The van der Waals surface area contributed by atoms with Gasteiger partial charge in [-0.15, -0.1) is 0 Å². The maximum absolute atomic E-state index is 13.4. The Kier molecular flexibility index (Phi) is 6.42. The van der Waals surface area contributed by atoms with Gasteiger partial charge in [-0.3, -0.25) is 4.79 Å². The predicted octanol–water partition coefficient (Wildman–Crippen LogP) is 5.17. The summed E-state index contributed by atoms with van der Waals surface area (Å²) in [6.45, 7) is 4.13. The van der Waals surface area contributed by atoms with E-state index in [0.717, 1.165) is 57.5 Å². The van der Waals surface area contributed by atoms with Gasteiger partial charge in [-0.05, 0) is 74.3 Å². The lowest BCUT2D eigenvalue weighted by Crippen LogP contribution is -2.44. The van der Waals surface area contributed by atoms with Crippen LogP contribution in [-0.4, -0.2) is 37.7 Å². The van der Waals surface area contributed by atoms with Crippen LogP contribution in [0.2, 0.25) is 0 Å². The Morgan fingerprint density at radius 1 is 1.10 bits per heavy atom. The molecule has 1 amide bonds. The van der Waals surface area contributed by atoms with Gasteiger partial charge in [-0.25, -0.2) is 0 Å². The number of halogens is 2. The van der Waals surface area contributed by atoms with Crippen LogP contribution in [0.25, 0.3) is 0 Å². The first kappa shape index (κ1) is 21.7. The molecule has 1 fully saturated rings. The molecule has 1 unspecified atom stereocenters. The molecule has 0 spiro atoms. The molecule has 0 aliphatic carbocycles. The van der Waals surface area contributed by atoms with Gasteiger partial charge in [-0.2, -0.15) is 0 Å².